The molecule has 0 aromatic carbocycles. The first kappa shape index (κ1) is 8.12. The Kier molecular flexibility index (Phi) is 1.74. The van der Waals surface area contributed by atoms with Gasteiger partial charge in [0.15, 0.2) is 11.4 Å². The second-order valence-corrected chi connectivity index (χ2v) is 2.03. The minimum atomic E-state index is -1.38. The third-order valence-corrected chi connectivity index (χ3v) is 1.29. The largest absolute Gasteiger partial charge is 0.476 e. The average Bonchev–Trinajstić information content (AvgIpc) is 2.30. The predicted octanol–water partition coefficient (Wildman–Crippen LogP) is 0.122. The van der Waals surface area contributed by atoms with Crippen molar-refractivity contribution in [3.05, 3.63) is 23.5 Å². The molecule has 64 valence electrons. The number of nitrogens with zero attached hydrogens (tertiary/aromatic N) is 1. The smallest absolute Gasteiger partial charge is 0.356 e. The zero-order valence-electron chi connectivity index (χ0n) is 5.76. The van der Waals surface area contributed by atoms with Gasteiger partial charge in [-0.05, 0) is 12.1 Å². The maximum Gasteiger partial charge on any atom is 0.356 e. The highest BCUT2D eigenvalue weighted by Crippen LogP contribution is 2.06. The van der Waals surface area contributed by atoms with Crippen LogP contribution in [0.15, 0.2) is 12.1 Å². The van der Waals surface area contributed by atoms with E-state index in [9.17, 15) is 9.59 Å². The van der Waals surface area contributed by atoms with Crippen LogP contribution in [0.3, 0.4) is 0 Å². The molecular weight excluding hydrogens is 166 g/mol. The van der Waals surface area contributed by atoms with Gasteiger partial charge >= 0.3 is 11.9 Å². The van der Waals surface area contributed by atoms with Crippen LogP contribution in [-0.2, 0) is 0 Å². The fourth-order valence-corrected chi connectivity index (χ4v) is 0.753. The Morgan fingerprint density at radius 2 is 1.42 bits per heavy atom. The lowest BCUT2D eigenvalue weighted by Gasteiger charge is -1.97. The average molecular weight is 171 g/mol. The Morgan fingerprint density at radius 3 is 1.58 bits per heavy atom. The molecule has 3 N–H and O–H groups in total. The number of aromatic carboxylic acids is 2. The van der Waals surface area contributed by atoms with Crippen LogP contribution in [0.5, 0.6) is 0 Å². The lowest BCUT2D eigenvalue weighted by atomic mass is 10.4. The molecule has 1 heterocycles. The minimum absolute atomic E-state index is 0.116. The van der Waals surface area contributed by atoms with Crippen molar-refractivity contribution in [2.24, 2.45) is 0 Å². The van der Waals surface area contributed by atoms with Crippen molar-refractivity contribution < 1.29 is 25.0 Å². The van der Waals surface area contributed by atoms with Crippen molar-refractivity contribution in [3.63, 3.8) is 0 Å². The molecule has 0 bridgehead atoms. The van der Waals surface area contributed by atoms with E-state index in [1.54, 1.807) is 0 Å². The van der Waals surface area contributed by atoms with E-state index in [-0.39, 0.29) is 4.73 Å². The van der Waals surface area contributed by atoms with Crippen molar-refractivity contribution in [3.8, 4) is 0 Å². The van der Waals surface area contributed by atoms with E-state index in [2.05, 4.69) is 0 Å². The minimum Gasteiger partial charge on any atom is -0.476 e. The van der Waals surface area contributed by atoms with Crippen LogP contribution in [-0.4, -0.2) is 32.1 Å². The molecule has 0 saturated heterocycles. The number of carbonyl (C=O) groups is 2. The van der Waals surface area contributed by atoms with E-state index < -0.39 is 23.3 Å². The zero-order valence-corrected chi connectivity index (χ0v) is 5.76. The Hall–Kier alpha value is -1.98. The molecular formula is C6H5NO5. The van der Waals surface area contributed by atoms with Gasteiger partial charge in [-0.15, -0.1) is 0 Å². The molecule has 0 amide bonds. The van der Waals surface area contributed by atoms with Crippen molar-refractivity contribution in [2.45, 2.75) is 0 Å². The lowest BCUT2D eigenvalue weighted by Crippen LogP contribution is -2.11. The summed E-state index contributed by atoms with van der Waals surface area (Å²) in [6.07, 6.45) is 0. The molecule has 0 unspecified atom stereocenters. The summed E-state index contributed by atoms with van der Waals surface area (Å²) in [6, 6.07) is 2.01. The van der Waals surface area contributed by atoms with Crippen LogP contribution in [0.4, 0.5) is 0 Å². The van der Waals surface area contributed by atoms with E-state index in [4.69, 9.17) is 15.4 Å². The van der Waals surface area contributed by atoms with Gasteiger partial charge in [0, 0.05) is 0 Å². The van der Waals surface area contributed by atoms with Gasteiger partial charge in [0.1, 0.15) is 0 Å². The van der Waals surface area contributed by atoms with Crippen LogP contribution in [0, 0.1) is 0 Å². The van der Waals surface area contributed by atoms with Gasteiger partial charge in [-0.2, -0.15) is 4.73 Å². The van der Waals surface area contributed by atoms with Crippen LogP contribution in [0.25, 0.3) is 0 Å². The summed E-state index contributed by atoms with van der Waals surface area (Å²) in [6.45, 7) is 0. The Labute approximate surface area is 66.2 Å². The number of aromatic nitrogens is 1. The van der Waals surface area contributed by atoms with Crippen molar-refractivity contribution in [1.29, 1.82) is 0 Å². The molecule has 0 atom stereocenters. The Bertz CT molecular complexity index is 308. The summed E-state index contributed by atoms with van der Waals surface area (Å²) in [5.74, 6) is -2.77. The van der Waals surface area contributed by atoms with Crippen LogP contribution in [0.2, 0.25) is 0 Å². The van der Waals surface area contributed by atoms with Gasteiger partial charge in [-0.3, -0.25) is 0 Å². The van der Waals surface area contributed by atoms with E-state index in [0.29, 0.717) is 0 Å². The fraction of sp³-hybridized carbons (Fsp3) is 0. The number of carboxylic acid groups (broad SMARTS) is 2. The van der Waals surface area contributed by atoms with Crippen LogP contribution >= 0.6 is 0 Å². The first-order valence-electron chi connectivity index (χ1n) is 2.91. The summed E-state index contributed by atoms with van der Waals surface area (Å²) in [5.41, 5.74) is -0.959. The maximum absolute atomic E-state index is 10.3. The van der Waals surface area contributed by atoms with E-state index in [1.165, 1.54) is 0 Å². The molecule has 0 aliphatic rings. The third kappa shape index (κ3) is 1.09. The molecule has 6 nitrogen and oxygen atoms in total. The van der Waals surface area contributed by atoms with Crippen molar-refractivity contribution in [2.75, 3.05) is 0 Å². The lowest BCUT2D eigenvalue weighted by molar-refractivity contribution is 0.0599. The van der Waals surface area contributed by atoms with Gasteiger partial charge in [0.25, 0.3) is 0 Å². The van der Waals surface area contributed by atoms with Crippen molar-refractivity contribution in [1.82, 2.24) is 4.73 Å². The molecule has 0 saturated carbocycles. The second-order valence-electron chi connectivity index (χ2n) is 2.03. The maximum atomic E-state index is 10.3. The highest BCUT2D eigenvalue weighted by atomic mass is 16.5. The first-order valence-corrected chi connectivity index (χ1v) is 2.91. The fourth-order valence-electron chi connectivity index (χ4n) is 0.753. The molecule has 0 radical (unpaired) electrons. The van der Waals surface area contributed by atoms with E-state index >= 15 is 0 Å². The van der Waals surface area contributed by atoms with Gasteiger partial charge in [0.2, 0.25) is 0 Å². The quantitative estimate of drug-likeness (QED) is 0.549. The Morgan fingerprint density at radius 1 is 1.08 bits per heavy atom. The number of rotatable bonds is 2. The standard InChI is InChI=1S/C6H5NO5/c8-5(9)3-1-2-4(6(10)11)7(3)12/h1-2,12H,(H,8,9)(H,10,11). The molecule has 6 heteroatoms. The summed E-state index contributed by atoms with van der Waals surface area (Å²) in [7, 11) is 0. The highest BCUT2D eigenvalue weighted by molar-refractivity contribution is 5.91. The van der Waals surface area contributed by atoms with Crippen LogP contribution < -0.4 is 0 Å². The van der Waals surface area contributed by atoms with E-state index in [1.807, 2.05) is 0 Å². The highest BCUT2D eigenvalue weighted by Gasteiger charge is 2.17. The number of hydrogen-bond acceptors (Lipinski definition) is 3. The monoisotopic (exact) mass is 171 g/mol. The third-order valence-electron chi connectivity index (χ3n) is 1.29. The van der Waals surface area contributed by atoms with Gasteiger partial charge in [-0.1, -0.05) is 0 Å². The molecule has 1 aromatic heterocycles. The summed E-state index contributed by atoms with van der Waals surface area (Å²) >= 11 is 0. The second kappa shape index (κ2) is 2.57. The predicted molar refractivity (Wildman–Crippen MR) is 35.5 cm³/mol. The zero-order chi connectivity index (χ0) is 9.30. The molecule has 0 aliphatic carbocycles. The Balaban J connectivity index is 3.22. The van der Waals surface area contributed by atoms with Crippen molar-refractivity contribution >= 4 is 11.9 Å². The van der Waals surface area contributed by atoms with Gasteiger partial charge < -0.3 is 15.4 Å². The van der Waals surface area contributed by atoms with Gasteiger partial charge in [-0.25, -0.2) is 9.59 Å². The molecule has 12 heavy (non-hydrogen) atoms. The normalized spacial score (nSPS) is 9.67. The SMILES string of the molecule is O=C(O)c1ccc(C(=O)O)n1O. The van der Waals surface area contributed by atoms with Gasteiger partial charge in [0.05, 0.1) is 0 Å². The molecule has 0 fully saturated rings. The topological polar surface area (TPSA) is 99.8 Å². The first-order chi connectivity index (χ1) is 5.54. The summed E-state index contributed by atoms with van der Waals surface area (Å²) < 4.78 is 0.116. The number of carboxylic acids is 2. The van der Waals surface area contributed by atoms with E-state index in [0.717, 1.165) is 12.1 Å². The number of hydrogen-bond donors (Lipinski definition) is 3. The van der Waals surface area contributed by atoms with Crippen LogP contribution in [0.1, 0.15) is 21.0 Å². The molecule has 0 aliphatic heterocycles. The summed E-state index contributed by atoms with van der Waals surface area (Å²) in [5, 5.41) is 25.7. The summed E-state index contributed by atoms with van der Waals surface area (Å²) in [4.78, 5) is 20.6. The molecule has 1 rings (SSSR count). The molecule has 0 spiro atoms. The molecule has 1 aromatic rings.